The highest BCUT2D eigenvalue weighted by molar-refractivity contribution is 6.87. The Morgan fingerprint density at radius 3 is 2.00 bits per heavy atom. The van der Waals surface area contributed by atoms with Crippen molar-refractivity contribution in [2.24, 2.45) is 0 Å². The fourth-order valence-corrected chi connectivity index (χ4v) is 11.8. The Morgan fingerprint density at radius 1 is 1.00 bits per heavy atom. The standard InChI is InChI=1S/C12H26O4Si2/c1-13-17(5,12-9-7-6-8-10-12)11-18(14-2,15-3)16-4/h6-7,12H,8-11H2,1-5H3. The van der Waals surface area contributed by atoms with Gasteiger partial charge in [0, 0.05) is 34.1 Å². The summed E-state index contributed by atoms with van der Waals surface area (Å²) >= 11 is 0. The van der Waals surface area contributed by atoms with Gasteiger partial charge in [0.25, 0.3) is 0 Å². The summed E-state index contributed by atoms with van der Waals surface area (Å²) in [5.74, 6) is 0. The van der Waals surface area contributed by atoms with Crippen LogP contribution >= 0.6 is 0 Å². The minimum absolute atomic E-state index is 0.625. The number of hydrogen-bond acceptors (Lipinski definition) is 4. The van der Waals surface area contributed by atoms with Gasteiger partial charge in [-0.15, -0.1) is 0 Å². The van der Waals surface area contributed by atoms with Crippen LogP contribution in [-0.2, 0) is 17.7 Å². The molecule has 106 valence electrons. The van der Waals surface area contributed by atoms with Crippen molar-refractivity contribution in [3.63, 3.8) is 0 Å². The highest BCUT2D eigenvalue weighted by Gasteiger charge is 2.50. The Hall–Kier alpha value is 0.0138. The van der Waals surface area contributed by atoms with Gasteiger partial charge in [-0.1, -0.05) is 12.2 Å². The summed E-state index contributed by atoms with van der Waals surface area (Å²) in [6, 6.07) is 0. The first-order valence-corrected chi connectivity index (χ1v) is 11.0. The van der Waals surface area contributed by atoms with Crippen molar-refractivity contribution in [3.8, 4) is 0 Å². The van der Waals surface area contributed by atoms with Crippen molar-refractivity contribution >= 4 is 17.1 Å². The molecular formula is C12H26O4Si2. The third kappa shape index (κ3) is 3.52. The van der Waals surface area contributed by atoms with E-state index in [0.29, 0.717) is 5.54 Å². The lowest BCUT2D eigenvalue weighted by Crippen LogP contribution is -2.54. The van der Waals surface area contributed by atoms with Gasteiger partial charge in [0.2, 0.25) is 0 Å². The molecule has 0 N–H and O–H groups in total. The molecule has 0 saturated heterocycles. The van der Waals surface area contributed by atoms with Crippen molar-refractivity contribution in [3.05, 3.63) is 12.2 Å². The quantitative estimate of drug-likeness (QED) is 0.534. The van der Waals surface area contributed by atoms with Gasteiger partial charge in [-0.3, -0.25) is 0 Å². The predicted molar refractivity (Wildman–Crippen MR) is 77.0 cm³/mol. The van der Waals surface area contributed by atoms with Crippen LogP contribution in [0.1, 0.15) is 19.3 Å². The molecule has 2 unspecified atom stereocenters. The topological polar surface area (TPSA) is 36.9 Å². The first-order valence-electron chi connectivity index (χ1n) is 6.41. The van der Waals surface area contributed by atoms with Crippen LogP contribution in [0.2, 0.25) is 17.8 Å². The average molecular weight is 291 g/mol. The summed E-state index contributed by atoms with van der Waals surface area (Å²) in [5, 5.41) is 0. The molecule has 6 heteroatoms. The monoisotopic (exact) mass is 290 g/mol. The van der Waals surface area contributed by atoms with Crippen LogP contribution in [0.3, 0.4) is 0 Å². The highest BCUT2D eigenvalue weighted by Crippen LogP contribution is 2.39. The molecule has 0 spiro atoms. The molecule has 0 aromatic heterocycles. The summed E-state index contributed by atoms with van der Waals surface area (Å²) in [6.45, 7) is 2.27. The van der Waals surface area contributed by atoms with Gasteiger partial charge >= 0.3 is 8.80 Å². The zero-order valence-electron chi connectivity index (χ0n) is 12.2. The first-order chi connectivity index (χ1) is 8.55. The van der Waals surface area contributed by atoms with Gasteiger partial charge in [-0.2, -0.15) is 0 Å². The molecule has 0 fully saturated rings. The molecule has 0 radical (unpaired) electrons. The summed E-state index contributed by atoms with van der Waals surface area (Å²) in [4.78, 5) is 0. The number of hydrogen-bond donors (Lipinski definition) is 0. The van der Waals surface area contributed by atoms with Crippen molar-refractivity contribution in [2.75, 3.05) is 28.4 Å². The van der Waals surface area contributed by atoms with Gasteiger partial charge in [0.1, 0.15) is 0 Å². The van der Waals surface area contributed by atoms with E-state index in [2.05, 4.69) is 18.7 Å². The van der Waals surface area contributed by atoms with Crippen molar-refractivity contribution < 1.29 is 17.7 Å². The van der Waals surface area contributed by atoms with Gasteiger partial charge in [0.05, 0.1) is 0 Å². The average Bonchev–Trinajstić information content (AvgIpc) is 2.46. The van der Waals surface area contributed by atoms with Crippen molar-refractivity contribution in [1.29, 1.82) is 0 Å². The molecule has 0 bridgehead atoms. The predicted octanol–water partition coefficient (Wildman–Crippen LogP) is 2.74. The minimum atomic E-state index is -2.55. The van der Waals surface area contributed by atoms with Crippen LogP contribution in [0.25, 0.3) is 0 Å². The zero-order chi connectivity index (χ0) is 13.6. The zero-order valence-corrected chi connectivity index (χ0v) is 14.2. The summed E-state index contributed by atoms with van der Waals surface area (Å²) in [5.41, 5.74) is 1.44. The molecule has 0 aromatic rings. The molecule has 18 heavy (non-hydrogen) atoms. The summed E-state index contributed by atoms with van der Waals surface area (Å²) in [7, 11) is 2.41. The number of allylic oxidation sites excluding steroid dienone is 2. The van der Waals surface area contributed by atoms with E-state index >= 15 is 0 Å². The van der Waals surface area contributed by atoms with E-state index in [4.69, 9.17) is 17.7 Å². The summed E-state index contributed by atoms with van der Waals surface area (Å²) < 4.78 is 22.6. The molecule has 0 amide bonds. The Morgan fingerprint density at radius 2 is 1.61 bits per heavy atom. The largest absolute Gasteiger partial charge is 0.499 e. The second-order valence-corrected chi connectivity index (χ2v) is 12.8. The lowest BCUT2D eigenvalue weighted by molar-refractivity contribution is 0.126. The maximum absolute atomic E-state index is 5.94. The molecule has 0 aliphatic heterocycles. The maximum atomic E-state index is 5.94. The third-order valence-electron chi connectivity index (χ3n) is 4.10. The van der Waals surface area contributed by atoms with Gasteiger partial charge in [0.15, 0.2) is 8.32 Å². The molecule has 0 saturated carbocycles. The van der Waals surface area contributed by atoms with Crippen LogP contribution in [-0.4, -0.2) is 45.6 Å². The van der Waals surface area contributed by atoms with Crippen LogP contribution in [0, 0.1) is 0 Å². The van der Waals surface area contributed by atoms with Crippen LogP contribution in [0.15, 0.2) is 12.2 Å². The molecule has 0 heterocycles. The SMILES string of the molecule is CO[Si](C[Si](C)(OC)C1CC=CCC1)(OC)OC. The normalized spacial score (nSPS) is 23.9. The van der Waals surface area contributed by atoms with E-state index in [0.717, 1.165) is 18.5 Å². The van der Waals surface area contributed by atoms with E-state index in [1.54, 1.807) is 21.3 Å². The van der Waals surface area contributed by atoms with Crippen LogP contribution in [0.4, 0.5) is 0 Å². The lowest BCUT2D eigenvalue weighted by Gasteiger charge is -2.39. The van der Waals surface area contributed by atoms with Crippen molar-refractivity contribution in [1.82, 2.24) is 0 Å². The van der Waals surface area contributed by atoms with E-state index in [9.17, 15) is 0 Å². The number of rotatable bonds is 7. The Labute approximate surface area is 113 Å². The molecule has 1 rings (SSSR count). The molecule has 1 aliphatic rings. The second kappa shape index (κ2) is 6.97. The maximum Gasteiger partial charge on any atom is 0.499 e. The molecule has 2 atom stereocenters. The summed E-state index contributed by atoms with van der Waals surface area (Å²) in [6.07, 6.45) is 7.99. The first kappa shape index (κ1) is 16.1. The fourth-order valence-electron chi connectivity index (χ4n) is 2.63. The molecular weight excluding hydrogens is 264 g/mol. The third-order valence-corrected chi connectivity index (χ3v) is 13.7. The fraction of sp³-hybridized carbons (Fsp3) is 0.833. The second-order valence-electron chi connectivity index (χ2n) is 4.97. The Balaban J connectivity index is 2.83. The Kier molecular flexibility index (Phi) is 6.23. The Bertz CT molecular complexity index is 273. The van der Waals surface area contributed by atoms with Crippen LogP contribution < -0.4 is 0 Å². The van der Waals surface area contributed by atoms with Gasteiger partial charge in [-0.25, -0.2) is 0 Å². The molecule has 4 nitrogen and oxygen atoms in total. The van der Waals surface area contributed by atoms with E-state index < -0.39 is 17.1 Å². The van der Waals surface area contributed by atoms with Crippen LogP contribution in [0.5, 0.6) is 0 Å². The van der Waals surface area contributed by atoms with Gasteiger partial charge < -0.3 is 17.7 Å². The molecule has 0 aromatic carbocycles. The van der Waals surface area contributed by atoms with E-state index in [-0.39, 0.29) is 0 Å². The lowest BCUT2D eigenvalue weighted by atomic mass is 10.1. The van der Waals surface area contributed by atoms with E-state index in [1.165, 1.54) is 6.42 Å². The minimum Gasteiger partial charge on any atom is -0.420 e. The van der Waals surface area contributed by atoms with Gasteiger partial charge in [-0.05, 0) is 31.4 Å². The smallest absolute Gasteiger partial charge is 0.420 e. The van der Waals surface area contributed by atoms with Crippen molar-refractivity contribution in [2.45, 2.75) is 37.0 Å². The van der Waals surface area contributed by atoms with E-state index in [1.807, 2.05) is 7.11 Å². The molecule has 1 aliphatic carbocycles. The highest BCUT2D eigenvalue weighted by atomic mass is 28.4.